The maximum absolute atomic E-state index is 8.69. The standard InChI is InChI=1S/C11H15N3O/c1-13-10-6-5-7-8(10)3-2-4-9(7)11(12)14-15/h2-4,10,13,15H,5-6H2,1H3,(H2,12,14)/t10-/m0/s1. The minimum Gasteiger partial charge on any atom is -0.409 e. The molecule has 1 atom stereocenters. The number of nitrogens with two attached hydrogens (primary N) is 1. The van der Waals surface area contributed by atoms with Crippen LogP contribution in [0.5, 0.6) is 0 Å². The molecule has 0 spiro atoms. The molecule has 0 aliphatic heterocycles. The van der Waals surface area contributed by atoms with E-state index < -0.39 is 0 Å². The summed E-state index contributed by atoms with van der Waals surface area (Å²) >= 11 is 0. The van der Waals surface area contributed by atoms with E-state index in [0.29, 0.717) is 6.04 Å². The number of rotatable bonds is 2. The average molecular weight is 205 g/mol. The van der Waals surface area contributed by atoms with Gasteiger partial charge in [0.15, 0.2) is 5.84 Å². The van der Waals surface area contributed by atoms with Crippen LogP contribution in [0.15, 0.2) is 23.4 Å². The number of fused-ring (bicyclic) bond motifs is 1. The molecular formula is C11H15N3O. The zero-order valence-electron chi connectivity index (χ0n) is 8.70. The highest BCUT2D eigenvalue weighted by Crippen LogP contribution is 2.32. The van der Waals surface area contributed by atoms with Crippen LogP contribution in [0.25, 0.3) is 0 Å². The van der Waals surface area contributed by atoms with E-state index in [1.807, 2.05) is 19.2 Å². The molecule has 0 amide bonds. The minimum atomic E-state index is 0.198. The highest BCUT2D eigenvalue weighted by molar-refractivity contribution is 5.98. The summed E-state index contributed by atoms with van der Waals surface area (Å²) in [5, 5.41) is 15.0. The lowest BCUT2D eigenvalue weighted by Crippen LogP contribution is -2.16. The summed E-state index contributed by atoms with van der Waals surface area (Å²) in [5.41, 5.74) is 8.95. The fourth-order valence-corrected chi connectivity index (χ4v) is 2.25. The Morgan fingerprint density at radius 2 is 2.40 bits per heavy atom. The number of hydrogen-bond donors (Lipinski definition) is 3. The van der Waals surface area contributed by atoms with Crippen molar-refractivity contribution in [1.29, 1.82) is 0 Å². The first-order valence-corrected chi connectivity index (χ1v) is 5.05. The first-order valence-electron chi connectivity index (χ1n) is 5.05. The van der Waals surface area contributed by atoms with Crippen molar-refractivity contribution in [2.75, 3.05) is 7.05 Å². The first kappa shape index (κ1) is 9.98. The number of nitrogens with one attached hydrogen (secondary N) is 1. The first-order chi connectivity index (χ1) is 7.27. The molecular weight excluding hydrogens is 190 g/mol. The quantitative estimate of drug-likeness (QED) is 0.292. The molecule has 0 saturated carbocycles. The molecule has 4 nitrogen and oxygen atoms in total. The Balaban J connectivity index is 2.49. The average Bonchev–Trinajstić information content (AvgIpc) is 2.70. The minimum absolute atomic E-state index is 0.198. The second-order valence-corrected chi connectivity index (χ2v) is 3.74. The normalized spacial score (nSPS) is 20.3. The predicted molar refractivity (Wildman–Crippen MR) is 59.1 cm³/mol. The Labute approximate surface area is 88.8 Å². The van der Waals surface area contributed by atoms with Crippen LogP contribution in [0.4, 0.5) is 0 Å². The van der Waals surface area contributed by atoms with Crippen molar-refractivity contribution in [3.8, 4) is 0 Å². The van der Waals surface area contributed by atoms with Gasteiger partial charge in [0.25, 0.3) is 0 Å². The molecule has 1 aromatic carbocycles. The van der Waals surface area contributed by atoms with Crippen molar-refractivity contribution in [2.24, 2.45) is 10.9 Å². The largest absolute Gasteiger partial charge is 0.409 e. The number of nitrogens with zero attached hydrogens (tertiary/aromatic N) is 1. The van der Waals surface area contributed by atoms with Gasteiger partial charge < -0.3 is 16.3 Å². The zero-order chi connectivity index (χ0) is 10.8. The van der Waals surface area contributed by atoms with Gasteiger partial charge >= 0.3 is 0 Å². The SMILES string of the molecule is CN[C@H]1CCc2c(C(N)=NO)cccc21. The van der Waals surface area contributed by atoms with E-state index in [-0.39, 0.29) is 5.84 Å². The van der Waals surface area contributed by atoms with Crippen molar-refractivity contribution in [3.05, 3.63) is 34.9 Å². The van der Waals surface area contributed by atoms with Crippen LogP contribution in [0.2, 0.25) is 0 Å². The van der Waals surface area contributed by atoms with Gasteiger partial charge in [-0.05, 0) is 31.0 Å². The smallest absolute Gasteiger partial charge is 0.170 e. The molecule has 0 fully saturated rings. The van der Waals surface area contributed by atoms with Crippen LogP contribution < -0.4 is 11.1 Å². The van der Waals surface area contributed by atoms with Crippen molar-refractivity contribution in [2.45, 2.75) is 18.9 Å². The van der Waals surface area contributed by atoms with Gasteiger partial charge in [-0.15, -0.1) is 0 Å². The molecule has 1 aliphatic rings. The molecule has 0 aromatic heterocycles. The summed E-state index contributed by atoms with van der Waals surface area (Å²) in [6.07, 6.45) is 2.05. The molecule has 1 aliphatic carbocycles. The summed E-state index contributed by atoms with van der Waals surface area (Å²) in [5.74, 6) is 0.198. The maximum atomic E-state index is 8.69. The highest BCUT2D eigenvalue weighted by Gasteiger charge is 2.23. The third-order valence-electron chi connectivity index (χ3n) is 3.00. The van der Waals surface area contributed by atoms with Gasteiger partial charge in [0, 0.05) is 11.6 Å². The second-order valence-electron chi connectivity index (χ2n) is 3.74. The Morgan fingerprint density at radius 3 is 3.07 bits per heavy atom. The third-order valence-corrected chi connectivity index (χ3v) is 3.00. The third kappa shape index (κ3) is 1.57. The molecule has 80 valence electrons. The van der Waals surface area contributed by atoms with Gasteiger partial charge in [-0.25, -0.2) is 0 Å². The van der Waals surface area contributed by atoms with Crippen molar-refractivity contribution in [3.63, 3.8) is 0 Å². The van der Waals surface area contributed by atoms with E-state index >= 15 is 0 Å². The topological polar surface area (TPSA) is 70.6 Å². The molecule has 4 heteroatoms. The fraction of sp³-hybridized carbons (Fsp3) is 0.364. The van der Waals surface area contributed by atoms with Crippen LogP contribution in [0, 0.1) is 0 Å². The van der Waals surface area contributed by atoms with E-state index in [9.17, 15) is 0 Å². The summed E-state index contributed by atoms with van der Waals surface area (Å²) in [4.78, 5) is 0. The molecule has 0 bridgehead atoms. The number of benzene rings is 1. The maximum Gasteiger partial charge on any atom is 0.170 e. The van der Waals surface area contributed by atoms with E-state index in [1.54, 1.807) is 0 Å². The van der Waals surface area contributed by atoms with Gasteiger partial charge in [-0.2, -0.15) is 0 Å². The van der Waals surface area contributed by atoms with Gasteiger partial charge in [-0.3, -0.25) is 0 Å². The lowest BCUT2D eigenvalue weighted by Gasteiger charge is -2.11. The Bertz CT molecular complexity index is 401. The van der Waals surface area contributed by atoms with Gasteiger partial charge in [0.05, 0.1) is 0 Å². The highest BCUT2D eigenvalue weighted by atomic mass is 16.4. The number of oxime groups is 1. The molecule has 0 unspecified atom stereocenters. The van der Waals surface area contributed by atoms with Crippen LogP contribution >= 0.6 is 0 Å². The van der Waals surface area contributed by atoms with Gasteiger partial charge in [0.2, 0.25) is 0 Å². The summed E-state index contributed by atoms with van der Waals surface area (Å²) in [6, 6.07) is 6.33. The predicted octanol–water partition coefficient (Wildman–Crippen LogP) is 0.988. The van der Waals surface area contributed by atoms with Crippen LogP contribution in [0.3, 0.4) is 0 Å². The molecule has 2 rings (SSSR count). The Morgan fingerprint density at radius 1 is 1.60 bits per heavy atom. The summed E-state index contributed by atoms with van der Waals surface area (Å²) < 4.78 is 0. The Kier molecular flexibility index (Phi) is 2.60. The number of hydrogen-bond acceptors (Lipinski definition) is 3. The lowest BCUT2D eigenvalue weighted by molar-refractivity contribution is 0.318. The van der Waals surface area contributed by atoms with E-state index in [1.165, 1.54) is 11.1 Å². The molecule has 1 aromatic rings. The van der Waals surface area contributed by atoms with Crippen molar-refractivity contribution in [1.82, 2.24) is 5.32 Å². The molecule has 0 radical (unpaired) electrons. The number of amidine groups is 1. The van der Waals surface area contributed by atoms with Crippen molar-refractivity contribution >= 4 is 5.84 Å². The van der Waals surface area contributed by atoms with Gasteiger partial charge in [-0.1, -0.05) is 23.4 Å². The molecule has 15 heavy (non-hydrogen) atoms. The summed E-state index contributed by atoms with van der Waals surface area (Å²) in [7, 11) is 1.95. The van der Waals surface area contributed by atoms with Crippen LogP contribution in [-0.4, -0.2) is 18.1 Å². The van der Waals surface area contributed by atoms with E-state index in [0.717, 1.165) is 18.4 Å². The lowest BCUT2D eigenvalue weighted by atomic mass is 10.0. The van der Waals surface area contributed by atoms with Crippen molar-refractivity contribution < 1.29 is 5.21 Å². The van der Waals surface area contributed by atoms with Gasteiger partial charge in [0.1, 0.15) is 0 Å². The fourth-order valence-electron chi connectivity index (χ4n) is 2.25. The Hall–Kier alpha value is -1.55. The molecule has 0 saturated heterocycles. The van der Waals surface area contributed by atoms with Crippen LogP contribution in [0.1, 0.15) is 29.2 Å². The zero-order valence-corrected chi connectivity index (χ0v) is 8.70. The molecule has 0 heterocycles. The second kappa shape index (κ2) is 3.90. The van der Waals surface area contributed by atoms with E-state index in [2.05, 4.69) is 16.5 Å². The van der Waals surface area contributed by atoms with Crippen LogP contribution in [-0.2, 0) is 6.42 Å². The summed E-state index contributed by atoms with van der Waals surface area (Å²) in [6.45, 7) is 0. The monoisotopic (exact) mass is 205 g/mol. The van der Waals surface area contributed by atoms with E-state index in [4.69, 9.17) is 10.9 Å². The molecule has 4 N–H and O–H groups in total.